The van der Waals surface area contributed by atoms with Gasteiger partial charge in [0.25, 0.3) is 0 Å². The van der Waals surface area contributed by atoms with E-state index in [0.29, 0.717) is 46.1 Å². The van der Waals surface area contributed by atoms with E-state index in [-0.39, 0.29) is 62.6 Å². The van der Waals surface area contributed by atoms with Crippen LogP contribution in [0.4, 0.5) is 0 Å². The summed E-state index contributed by atoms with van der Waals surface area (Å²) in [5, 5.41) is 87.5. The van der Waals surface area contributed by atoms with Crippen molar-refractivity contribution in [3.63, 3.8) is 0 Å². The molecule has 0 unspecified atom stereocenters. The number of aromatic nitrogens is 1. The minimum Gasteiger partial charge on any atom is -0.508 e. The third kappa shape index (κ3) is 27.1. The molecule has 0 aliphatic carbocycles. The van der Waals surface area contributed by atoms with Crippen molar-refractivity contribution >= 4 is 109 Å². The van der Waals surface area contributed by atoms with Crippen LogP contribution in [0, 0.1) is 0 Å². The molecule has 2 bridgehead atoms. The van der Waals surface area contributed by atoms with Crippen LogP contribution in [-0.2, 0) is 94.6 Å². The number of phenolic OH excluding ortho intramolecular Hbond substituents is 1. The van der Waals surface area contributed by atoms with Crippen LogP contribution in [-0.4, -0.2) is 229 Å². The van der Waals surface area contributed by atoms with Gasteiger partial charge in [0.1, 0.15) is 72.2 Å². The fourth-order valence-corrected chi connectivity index (χ4v) is 14.2. The van der Waals surface area contributed by atoms with Gasteiger partial charge >= 0.3 is 5.97 Å². The summed E-state index contributed by atoms with van der Waals surface area (Å²) in [7, 11) is 1.62. The average molecular weight is 1570 g/mol. The van der Waals surface area contributed by atoms with Crippen LogP contribution >= 0.6 is 21.6 Å². The Balaban J connectivity index is 1.35. The van der Waals surface area contributed by atoms with Gasteiger partial charge in [0.2, 0.25) is 70.9 Å². The van der Waals surface area contributed by atoms with E-state index in [1.807, 2.05) is 13.8 Å². The van der Waals surface area contributed by atoms with Crippen molar-refractivity contribution in [1.82, 2.24) is 74.1 Å². The molecule has 110 heavy (non-hydrogen) atoms. The third-order valence-electron chi connectivity index (χ3n) is 18.2. The highest BCUT2D eigenvalue weighted by Gasteiger charge is 2.40. The van der Waals surface area contributed by atoms with E-state index >= 15 is 24.0 Å². The number of nitrogens with two attached hydrogens (primary N) is 2. The predicted octanol–water partition coefficient (Wildman–Crippen LogP) is -3.04. The lowest BCUT2D eigenvalue weighted by molar-refractivity contribution is -0.142. The van der Waals surface area contributed by atoms with Gasteiger partial charge in [0.05, 0.1) is 24.9 Å². The summed E-state index contributed by atoms with van der Waals surface area (Å²) in [4.78, 5) is 192. The van der Waals surface area contributed by atoms with Gasteiger partial charge in [-0.2, -0.15) is 0 Å². The van der Waals surface area contributed by atoms with Crippen LogP contribution < -0.4 is 80.6 Å². The Labute approximate surface area is 643 Å². The molecule has 2 aliphatic heterocycles. The van der Waals surface area contributed by atoms with Gasteiger partial charge in [-0.3, -0.25) is 57.5 Å². The van der Waals surface area contributed by atoms with Crippen LogP contribution in [0.3, 0.4) is 0 Å². The summed E-state index contributed by atoms with van der Waals surface area (Å²) in [6.45, 7) is 5.08. The number of aliphatic hydroxyl groups excluding tert-OH is 3. The van der Waals surface area contributed by atoms with E-state index in [1.165, 1.54) is 24.3 Å². The smallest absolute Gasteiger partial charge is 0.327 e. The lowest BCUT2D eigenvalue weighted by Crippen LogP contribution is -2.63. The molecule has 0 spiro atoms. The Hall–Kier alpha value is -10.2. The van der Waals surface area contributed by atoms with Gasteiger partial charge in [0.15, 0.2) is 0 Å². The van der Waals surface area contributed by atoms with E-state index in [4.69, 9.17) is 11.5 Å². The molecule has 34 nitrogen and oxygen atoms in total. The first-order valence-corrected chi connectivity index (χ1v) is 38.7. The number of aliphatic hydroxyl groups is 3. The average Bonchev–Trinajstić information content (AvgIpc) is 1.63. The number of hydrogen-bond acceptors (Lipinski definition) is 22. The van der Waals surface area contributed by atoms with Crippen LogP contribution in [0.25, 0.3) is 10.9 Å². The second kappa shape index (κ2) is 43.3. The number of carbonyl (C=O) groups is 13. The fraction of sp³-hybridized carbons (Fsp3) is 0.473. The maximum absolute atomic E-state index is 15.4. The number of carboxylic acids is 1. The summed E-state index contributed by atoms with van der Waals surface area (Å²) in [6.07, 6.45) is -4.16. The maximum atomic E-state index is 15.4. The molecular weight excluding hydrogens is 1470 g/mol. The van der Waals surface area contributed by atoms with Gasteiger partial charge in [-0.25, -0.2) is 4.79 Å². The molecule has 2 fully saturated rings. The first-order chi connectivity index (χ1) is 52.5. The summed E-state index contributed by atoms with van der Waals surface area (Å²) < 4.78 is 0. The Kier molecular flexibility index (Phi) is 34.2. The van der Waals surface area contributed by atoms with Crippen molar-refractivity contribution < 1.29 is 87.9 Å². The second-order valence-electron chi connectivity index (χ2n) is 27.3. The van der Waals surface area contributed by atoms with Crippen LogP contribution in [0.5, 0.6) is 5.75 Å². The Morgan fingerprint density at radius 2 is 1.05 bits per heavy atom. The number of aromatic amines is 1. The normalized spacial score (nSPS) is 24.3. The molecule has 5 aromatic rings. The van der Waals surface area contributed by atoms with Gasteiger partial charge in [-0.1, -0.05) is 120 Å². The Morgan fingerprint density at radius 3 is 1.69 bits per heavy atom. The van der Waals surface area contributed by atoms with E-state index in [1.54, 1.807) is 85.1 Å². The number of unbranched alkanes of at least 4 members (excludes halogenated alkanes) is 1. The number of nitrogens with one attached hydrogen (secondary N) is 14. The number of fused-ring (bicyclic) bond motifs is 8. The number of para-hydroxylation sites is 1. The molecule has 36 heteroatoms. The lowest BCUT2D eigenvalue weighted by atomic mass is 10.00. The van der Waals surface area contributed by atoms with E-state index < -0.39 is 200 Å². The summed E-state index contributed by atoms with van der Waals surface area (Å²) in [5.74, 6) is -15.3. The number of aliphatic carboxylic acids is 1. The van der Waals surface area contributed by atoms with Crippen molar-refractivity contribution in [3.05, 3.63) is 137 Å². The monoisotopic (exact) mass is 1560 g/mol. The minimum atomic E-state index is -2.03. The molecule has 3 heterocycles. The summed E-state index contributed by atoms with van der Waals surface area (Å²) in [5.41, 5.74) is 15.8. The van der Waals surface area contributed by atoms with E-state index in [2.05, 4.69) is 74.1 Å². The summed E-state index contributed by atoms with van der Waals surface area (Å²) in [6, 6.07) is 7.76. The number of H-pyrrole nitrogens is 1. The zero-order valence-electron chi connectivity index (χ0n) is 61.4. The number of phenols is 1. The Bertz CT molecular complexity index is 3990. The van der Waals surface area contributed by atoms with Crippen LogP contribution in [0.2, 0.25) is 0 Å². The maximum Gasteiger partial charge on any atom is 0.327 e. The first kappa shape index (κ1) is 87.0. The number of carboxylic acid groups (broad SMARTS) is 1. The van der Waals surface area contributed by atoms with Crippen LogP contribution in [0.1, 0.15) is 94.0 Å². The molecule has 0 radical (unpaired) electrons. The quantitative estimate of drug-likeness (QED) is 0.0257. The molecule has 14 atom stereocenters. The molecule has 12 amide bonds. The lowest BCUT2D eigenvalue weighted by Gasteiger charge is -2.29. The largest absolute Gasteiger partial charge is 0.508 e. The first-order valence-electron chi connectivity index (χ1n) is 36.2. The number of benzene rings is 4. The Morgan fingerprint density at radius 1 is 0.545 bits per heavy atom. The van der Waals surface area contributed by atoms with Gasteiger partial charge in [0, 0.05) is 73.4 Å². The highest BCUT2D eigenvalue weighted by atomic mass is 33.1. The predicted molar refractivity (Wildman–Crippen MR) is 408 cm³/mol. The van der Waals surface area contributed by atoms with Crippen molar-refractivity contribution in [1.29, 1.82) is 0 Å². The highest BCUT2D eigenvalue weighted by Crippen LogP contribution is 2.25. The summed E-state index contributed by atoms with van der Waals surface area (Å²) >= 11 is 0. The van der Waals surface area contributed by atoms with Gasteiger partial charge in [-0.05, 0) is 105 Å². The minimum absolute atomic E-state index is 0.0594. The number of hydrogen-bond donors (Lipinski definition) is 21. The molecule has 1 aromatic heterocycles. The van der Waals surface area contributed by atoms with Crippen molar-refractivity contribution in [2.24, 2.45) is 11.5 Å². The van der Waals surface area contributed by atoms with Gasteiger partial charge < -0.3 is 111 Å². The number of aromatic hydroxyl groups is 1. The molecule has 2 saturated heterocycles. The topological polar surface area (TPSA) is 547 Å². The van der Waals surface area contributed by atoms with E-state index in [9.17, 15) is 63.9 Å². The van der Waals surface area contributed by atoms with Crippen molar-refractivity contribution in [3.8, 4) is 5.75 Å². The molecule has 2 aliphatic rings. The molecule has 596 valence electrons. The molecule has 0 saturated carbocycles. The fourth-order valence-electron chi connectivity index (χ4n) is 11.9. The highest BCUT2D eigenvalue weighted by molar-refractivity contribution is 8.76. The van der Waals surface area contributed by atoms with Crippen molar-refractivity contribution in [2.45, 2.75) is 189 Å². The molecule has 23 N–H and O–H groups in total. The number of carbonyl (C=O) groups excluding carboxylic acids is 12. The van der Waals surface area contributed by atoms with E-state index in [0.717, 1.165) is 41.0 Å². The van der Waals surface area contributed by atoms with Crippen LogP contribution in [0.15, 0.2) is 109 Å². The van der Waals surface area contributed by atoms with Gasteiger partial charge in [-0.15, -0.1) is 0 Å². The zero-order chi connectivity index (χ0) is 80.1. The SMILES string of the molecule is CC(C)NCc1ccc(C[C@@H]2NC(=O)[C@@H](Cc3c[nH]c4ccccc34)NC(=O)[C@H]3CCC(=O)NCC[C@@H](NC(=O)[C@H]([C@@H](C)O)NC2=O)C(=O)N[C@@H]([C@@H](C)O)C(=O)N[C@@H](CO)C(=O)N[C@H](C(=O)O)CSSC[C@H](NC(=O)[C@@H](N)Cc2ccc(O)cc2)C(=O)N[C@@H](CCCCN)C(=O)N[C@@H](Cc2ccccc2)C(=O)N3)cc1. The molecular formula is C74H100N16O18S2. The second-order valence-corrected chi connectivity index (χ2v) is 29.9. The number of rotatable bonds is 21. The zero-order valence-corrected chi connectivity index (χ0v) is 63.0. The molecule has 7 rings (SSSR count). The standard InChI is InChI=1S/C74H100N16O18S2/c1-39(2)78-34-45-19-17-44(18-20-45)32-55-69(102)90-61(40(3)92)72(105)82-53-27-29-77-60(95)26-25-52(65(98)85-56(68(101)84-55)33-46-35-79-50-15-9-8-14-48(46)50)81-67(100)54(31-42-12-6-5-7-13-42)83-64(97)51(16-10-11-28-75)80-71(104)58(87-63(96)49(76)30-43-21-23-47(94)24-22-43)37-109-110-38-59(74(107)108)88-70(103)57(36-91)86-73(106)62(41(4)93)89-66(53)99/h5-9,12-15,17-24,35,39-41,49,51-59,61-62,78-79,91-94H,10-11,16,25-34,36-38,75-76H2,1-4H3,(H,77,95)(H,80,104)(H,81,100)(H,82,105)(H,83,97)(H,84,101)(H,85,98)(H,86,106)(H,87,96)(H,88,103)(H,89,99)(H,90,102)(H,107,108)/t40-,41-,49+,51+,52-,53-,54+,55+,56-,57+,58+,59+,61+,62+/m1/s1. The third-order valence-corrected chi connectivity index (χ3v) is 20.6. The molecule has 4 aromatic carbocycles. The van der Waals surface area contributed by atoms with Crippen molar-refractivity contribution in [2.75, 3.05) is 31.2 Å². The number of amides is 12.